The number of para-hydroxylation sites is 1. The summed E-state index contributed by atoms with van der Waals surface area (Å²) in [6.45, 7) is 10.2. The Morgan fingerprint density at radius 3 is 2.03 bits per heavy atom. The molecule has 0 spiro atoms. The van der Waals surface area contributed by atoms with Gasteiger partial charge in [0, 0.05) is 19.2 Å². The lowest BCUT2D eigenvalue weighted by Gasteiger charge is -2.20. The van der Waals surface area contributed by atoms with Crippen molar-refractivity contribution in [3.63, 3.8) is 0 Å². The summed E-state index contributed by atoms with van der Waals surface area (Å²) < 4.78 is 23.0. The van der Waals surface area contributed by atoms with Crippen LogP contribution in [0.25, 0.3) is 0 Å². The quantitative estimate of drug-likeness (QED) is 0.469. The number of carbonyl (C=O) groups is 1. The van der Waals surface area contributed by atoms with Crippen molar-refractivity contribution in [3.8, 4) is 23.0 Å². The highest BCUT2D eigenvalue weighted by atomic mass is 16.5. The summed E-state index contributed by atoms with van der Waals surface area (Å²) in [6.07, 6.45) is 0.726. The van der Waals surface area contributed by atoms with Gasteiger partial charge in [-0.1, -0.05) is 18.2 Å². The number of benzene rings is 2. The molecule has 0 saturated heterocycles. The first-order valence-corrected chi connectivity index (χ1v) is 10.5. The standard InChI is InChI=1S/C24H33NO5/c1-6-27-21-16-19(17-22(28-7-2)23(21)29-8-3)24(26)25(5)14-11-15-30-20-13-10-9-12-18(20)4/h9-10,12-13,16-17H,6-8,11,14-15H2,1-5H3. The van der Waals surface area contributed by atoms with Crippen LogP contribution < -0.4 is 18.9 Å². The van der Waals surface area contributed by atoms with Crippen LogP contribution >= 0.6 is 0 Å². The van der Waals surface area contributed by atoms with Gasteiger partial charge in [-0.05, 0) is 57.9 Å². The van der Waals surface area contributed by atoms with E-state index in [-0.39, 0.29) is 5.91 Å². The van der Waals surface area contributed by atoms with E-state index in [9.17, 15) is 4.79 Å². The van der Waals surface area contributed by atoms with E-state index in [0.29, 0.717) is 55.8 Å². The van der Waals surface area contributed by atoms with E-state index in [0.717, 1.165) is 17.7 Å². The van der Waals surface area contributed by atoms with Gasteiger partial charge in [0.1, 0.15) is 5.75 Å². The van der Waals surface area contributed by atoms with E-state index in [4.69, 9.17) is 18.9 Å². The summed E-state index contributed by atoms with van der Waals surface area (Å²) in [5, 5.41) is 0. The number of amides is 1. The zero-order valence-corrected chi connectivity index (χ0v) is 18.7. The molecule has 0 aliphatic heterocycles. The van der Waals surface area contributed by atoms with E-state index >= 15 is 0 Å². The molecule has 30 heavy (non-hydrogen) atoms. The third kappa shape index (κ3) is 6.31. The number of ether oxygens (including phenoxy) is 4. The molecule has 6 nitrogen and oxygen atoms in total. The topological polar surface area (TPSA) is 57.2 Å². The number of hydrogen-bond acceptors (Lipinski definition) is 5. The molecule has 0 aliphatic rings. The molecule has 2 aromatic rings. The Bertz CT molecular complexity index is 794. The lowest BCUT2D eigenvalue weighted by Crippen LogP contribution is -2.28. The van der Waals surface area contributed by atoms with Gasteiger partial charge in [-0.25, -0.2) is 0 Å². The Morgan fingerprint density at radius 1 is 0.867 bits per heavy atom. The van der Waals surface area contributed by atoms with Crippen molar-refractivity contribution in [1.29, 1.82) is 0 Å². The highest BCUT2D eigenvalue weighted by Crippen LogP contribution is 2.39. The lowest BCUT2D eigenvalue weighted by atomic mass is 10.1. The largest absolute Gasteiger partial charge is 0.493 e. The van der Waals surface area contributed by atoms with Gasteiger partial charge in [-0.3, -0.25) is 4.79 Å². The maximum Gasteiger partial charge on any atom is 0.253 e. The fourth-order valence-electron chi connectivity index (χ4n) is 3.04. The average Bonchev–Trinajstić information content (AvgIpc) is 2.74. The second-order valence-corrected chi connectivity index (χ2v) is 6.79. The third-order valence-corrected chi connectivity index (χ3v) is 4.49. The molecule has 0 aliphatic carbocycles. The van der Waals surface area contributed by atoms with Crippen molar-refractivity contribution in [3.05, 3.63) is 47.5 Å². The minimum absolute atomic E-state index is 0.101. The Hall–Kier alpha value is -2.89. The van der Waals surface area contributed by atoms with Crippen LogP contribution in [-0.4, -0.2) is 50.8 Å². The second-order valence-electron chi connectivity index (χ2n) is 6.79. The van der Waals surface area contributed by atoms with Gasteiger partial charge in [-0.2, -0.15) is 0 Å². The summed E-state index contributed by atoms with van der Waals surface area (Å²) in [6, 6.07) is 11.4. The molecular weight excluding hydrogens is 382 g/mol. The second kappa shape index (κ2) is 12.0. The van der Waals surface area contributed by atoms with E-state index in [1.54, 1.807) is 24.1 Å². The van der Waals surface area contributed by atoms with Gasteiger partial charge in [0.15, 0.2) is 11.5 Å². The highest BCUT2D eigenvalue weighted by Gasteiger charge is 2.20. The molecule has 0 fully saturated rings. The SMILES string of the molecule is CCOc1cc(C(=O)N(C)CCCOc2ccccc2C)cc(OCC)c1OCC. The van der Waals surface area contributed by atoms with Crippen LogP contribution in [0.2, 0.25) is 0 Å². The summed E-state index contributed by atoms with van der Waals surface area (Å²) in [4.78, 5) is 14.7. The first-order chi connectivity index (χ1) is 14.5. The Balaban J connectivity index is 2.05. The highest BCUT2D eigenvalue weighted by molar-refractivity contribution is 5.95. The van der Waals surface area contributed by atoms with Gasteiger partial charge < -0.3 is 23.8 Å². The van der Waals surface area contributed by atoms with Gasteiger partial charge in [0.05, 0.1) is 26.4 Å². The van der Waals surface area contributed by atoms with Crippen molar-refractivity contribution in [2.24, 2.45) is 0 Å². The Morgan fingerprint density at radius 2 is 1.47 bits per heavy atom. The minimum Gasteiger partial charge on any atom is -0.493 e. The van der Waals surface area contributed by atoms with E-state index < -0.39 is 0 Å². The number of carbonyl (C=O) groups excluding carboxylic acids is 1. The summed E-state index contributed by atoms with van der Waals surface area (Å²) in [5.74, 6) is 2.35. The fourth-order valence-corrected chi connectivity index (χ4v) is 3.04. The molecule has 0 aromatic heterocycles. The summed E-state index contributed by atoms with van der Waals surface area (Å²) in [7, 11) is 1.78. The van der Waals surface area contributed by atoms with Crippen LogP contribution in [0.3, 0.4) is 0 Å². The minimum atomic E-state index is -0.101. The molecule has 2 aromatic carbocycles. The maximum absolute atomic E-state index is 13.0. The van der Waals surface area contributed by atoms with Crippen LogP contribution in [0.15, 0.2) is 36.4 Å². The molecule has 1 amide bonds. The molecule has 2 rings (SSSR count). The predicted molar refractivity (Wildman–Crippen MR) is 118 cm³/mol. The molecular formula is C24H33NO5. The van der Waals surface area contributed by atoms with E-state index in [1.165, 1.54) is 0 Å². The first kappa shape index (κ1) is 23.4. The Kier molecular flexibility index (Phi) is 9.32. The van der Waals surface area contributed by atoms with Gasteiger partial charge in [0.2, 0.25) is 5.75 Å². The number of aryl methyl sites for hydroxylation is 1. The normalized spacial score (nSPS) is 10.4. The monoisotopic (exact) mass is 415 g/mol. The van der Waals surface area contributed by atoms with Crippen LogP contribution in [0.1, 0.15) is 43.1 Å². The molecule has 0 atom stereocenters. The molecule has 0 heterocycles. The third-order valence-electron chi connectivity index (χ3n) is 4.49. The zero-order valence-electron chi connectivity index (χ0n) is 18.7. The number of nitrogens with zero attached hydrogens (tertiary/aromatic N) is 1. The zero-order chi connectivity index (χ0) is 21.9. The van der Waals surface area contributed by atoms with E-state index in [1.807, 2.05) is 52.0 Å². The predicted octanol–water partition coefficient (Wildman–Crippen LogP) is 4.73. The Labute approximate surface area is 179 Å². The summed E-state index contributed by atoms with van der Waals surface area (Å²) in [5.41, 5.74) is 1.61. The molecule has 6 heteroatoms. The van der Waals surface area contributed by atoms with E-state index in [2.05, 4.69) is 0 Å². The van der Waals surface area contributed by atoms with Crippen LogP contribution in [0.5, 0.6) is 23.0 Å². The molecule has 0 saturated carbocycles. The van der Waals surface area contributed by atoms with Gasteiger partial charge in [-0.15, -0.1) is 0 Å². The van der Waals surface area contributed by atoms with Crippen LogP contribution in [-0.2, 0) is 0 Å². The van der Waals surface area contributed by atoms with Crippen LogP contribution in [0, 0.1) is 6.92 Å². The van der Waals surface area contributed by atoms with Crippen molar-refractivity contribution in [2.75, 3.05) is 40.0 Å². The number of hydrogen-bond donors (Lipinski definition) is 0. The van der Waals surface area contributed by atoms with Crippen molar-refractivity contribution in [2.45, 2.75) is 34.1 Å². The maximum atomic E-state index is 13.0. The van der Waals surface area contributed by atoms with Crippen molar-refractivity contribution < 1.29 is 23.7 Å². The molecule has 0 unspecified atom stereocenters. The van der Waals surface area contributed by atoms with Gasteiger partial charge in [0.25, 0.3) is 5.91 Å². The van der Waals surface area contributed by atoms with Gasteiger partial charge >= 0.3 is 0 Å². The van der Waals surface area contributed by atoms with Crippen molar-refractivity contribution >= 4 is 5.91 Å². The molecule has 0 bridgehead atoms. The van der Waals surface area contributed by atoms with Crippen LogP contribution in [0.4, 0.5) is 0 Å². The molecule has 0 N–H and O–H groups in total. The van der Waals surface area contributed by atoms with Crippen molar-refractivity contribution in [1.82, 2.24) is 4.90 Å². The molecule has 0 radical (unpaired) electrons. The smallest absolute Gasteiger partial charge is 0.253 e. The average molecular weight is 416 g/mol. The first-order valence-electron chi connectivity index (χ1n) is 10.5. The fraction of sp³-hybridized carbons (Fsp3) is 0.458. The lowest BCUT2D eigenvalue weighted by molar-refractivity contribution is 0.0786. The summed E-state index contributed by atoms with van der Waals surface area (Å²) >= 11 is 0. The molecule has 164 valence electrons. The number of rotatable bonds is 12.